The number of carbonyl (C=O) groups excluding carboxylic acids is 1. The van der Waals surface area contributed by atoms with Crippen molar-refractivity contribution in [3.05, 3.63) is 23.8 Å². The van der Waals surface area contributed by atoms with Crippen LogP contribution in [-0.2, 0) is 0 Å². The second kappa shape index (κ2) is 5.27. The number of nitrogens with one attached hydrogen (secondary N) is 1. The average molecular weight is 250 g/mol. The molecule has 5 heteroatoms. The molecule has 5 nitrogen and oxygen atoms in total. The molecule has 1 atom stereocenters. The van der Waals surface area contributed by atoms with Crippen molar-refractivity contribution in [1.29, 1.82) is 0 Å². The van der Waals surface area contributed by atoms with Crippen molar-refractivity contribution in [2.75, 3.05) is 19.4 Å². The first kappa shape index (κ1) is 12.7. The summed E-state index contributed by atoms with van der Waals surface area (Å²) >= 11 is 0. The van der Waals surface area contributed by atoms with Gasteiger partial charge in [0, 0.05) is 12.1 Å². The fraction of sp³-hybridized carbons (Fsp3) is 0.462. The van der Waals surface area contributed by atoms with Gasteiger partial charge in [0.1, 0.15) is 5.75 Å². The molecule has 18 heavy (non-hydrogen) atoms. The zero-order valence-electron chi connectivity index (χ0n) is 10.3. The molecule has 1 fully saturated rings. The van der Waals surface area contributed by atoms with Crippen LogP contribution in [-0.4, -0.2) is 30.8 Å². The van der Waals surface area contributed by atoms with Gasteiger partial charge < -0.3 is 20.9 Å². The Morgan fingerprint density at radius 2 is 2.33 bits per heavy atom. The smallest absolute Gasteiger partial charge is 0.251 e. The summed E-state index contributed by atoms with van der Waals surface area (Å²) in [5, 5.41) is 12.4. The number of hydrogen-bond acceptors (Lipinski definition) is 4. The van der Waals surface area contributed by atoms with E-state index in [1.165, 1.54) is 7.11 Å². The Morgan fingerprint density at radius 1 is 1.61 bits per heavy atom. The summed E-state index contributed by atoms with van der Waals surface area (Å²) in [7, 11) is 1.53. The summed E-state index contributed by atoms with van der Waals surface area (Å²) in [6.07, 6.45) is 1.66. The number of hydrogen-bond donors (Lipinski definition) is 3. The van der Waals surface area contributed by atoms with Crippen LogP contribution in [0.25, 0.3) is 0 Å². The Hall–Kier alpha value is -1.75. The number of amides is 1. The van der Waals surface area contributed by atoms with E-state index < -0.39 is 6.10 Å². The fourth-order valence-corrected chi connectivity index (χ4v) is 1.82. The van der Waals surface area contributed by atoms with Crippen LogP contribution >= 0.6 is 0 Å². The van der Waals surface area contributed by atoms with Crippen molar-refractivity contribution in [3.63, 3.8) is 0 Å². The van der Waals surface area contributed by atoms with Gasteiger partial charge in [-0.1, -0.05) is 0 Å². The van der Waals surface area contributed by atoms with Crippen molar-refractivity contribution >= 4 is 11.6 Å². The van der Waals surface area contributed by atoms with E-state index in [4.69, 9.17) is 10.5 Å². The normalized spacial score (nSPS) is 16.1. The molecule has 1 aliphatic carbocycles. The molecule has 0 spiro atoms. The predicted octanol–water partition coefficient (Wildman–Crippen LogP) is 0.778. The number of benzene rings is 1. The molecule has 0 heterocycles. The molecule has 98 valence electrons. The van der Waals surface area contributed by atoms with Crippen molar-refractivity contribution in [1.82, 2.24) is 5.32 Å². The van der Waals surface area contributed by atoms with Crippen LogP contribution in [0.15, 0.2) is 18.2 Å². The minimum atomic E-state index is -0.440. The first-order valence-corrected chi connectivity index (χ1v) is 6.01. The highest BCUT2D eigenvalue weighted by Gasteiger charge is 2.29. The zero-order chi connectivity index (χ0) is 13.1. The highest BCUT2D eigenvalue weighted by atomic mass is 16.5. The molecule has 1 aromatic rings. The maximum Gasteiger partial charge on any atom is 0.251 e. The van der Waals surface area contributed by atoms with Gasteiger partial charge in [-0.25, -0.2) is 0 Å². The second-order valence-corrected chi connectivity index (χ2v) is 4.57. The third kappa shape index (κ3) is 2.92. The largest absolute Gasteiger partial charge is 0.495 e. The summed E-state index contributed by atoms with van der Waals surface area (Å²) < 4.78 is 5.02. The molecule has 0 saturated heterocycles. The van der Waals surface area contributed by atoms with Crippen LogP contribution in [0.4, 0.5) is 5.69 Å². The summed E-state index contributed by atoms with van der Waals surface area (Å²) in [6.45, 7) is 0.287. The Balaban J connectivity index is 1.93. The lowest BCUT2D eigenvalue weighted by Crippen LogP contribution is -2.33. The molecule has 0 radical (unpaired) electrons. The van der Waals surface area contributed by atoms with Gasteiger partial charge in [-0.3, -0.25) is 4.79 Å². The number of carbonyl (C=O) groups is 1. The lowest BCUT2D eigenvalue weighted by Gasteiger charge is -2.11. The van der Waals surface area contributed by atoms with E-state index in [-0.39, 0.29) is 12.5 Å². The van der Waals surface area contributed by atoms with Gasteiger partial charge in [0.25, 0.3) is 5.91 Å². The Morgan fingerprint density at radius 3 is 2.89 bits per heavy atom. The molecule has 0 aromatic heterocycles. The molecule has 0 bridgehead atoms. The van der Waals surface area contributed by atoms with Gasteiger partial charge in [0.15, 0.2) is 0 Å². The summed E-state index contributed by atoms with van der Waals surface area (Å²) in [5.41, 5.74) is 6.62. The molecule has 1 aliphatic rings. The quantitative estimate of drug-likeness (QED) is 0.674. The lowest BCUT2D eigenvalue weighted by molar-refractivity contribution is 0.0901. The Kier molecular flexibility index (Phi) is 3.72. The second-order valence-electron chi connectivity index (χ2n) is 4.57. The van der Waals surface area contributed by atoms with Gasteiger partial charge in [0.05, 0.1) is 18.9 Å². The van der Waals surface area contributed by atoms with Gasteiger partial charge in [-0.2, -0.15) is 0 Å². The molecule has 1 aromatic carbocycles. The summed E-state index contributed by atoms with van der Waals surface area (Å²) in [6, 6.07) is 4.87. The van der Waals surface area contributed by atoms with Crippen LogP contribution in [0.1, 0.15) is 23.2 Å². The fourth-order valence-electron chi connectivity index (χ4n) is 1.82. The minimum absolute atomic E-state index is 0.232. The van der Waals surface area contributed by atoms with Gasteiger partial charge >= 0.3 is 0 Å². The van der Waals surface area contributed by atoms with Gasteiger partial charge in [-0.05, 0) is 37.0 Å². The first-order valence-electron chi connectivity index (χ1n) is 6.01. The van der Waals surface area contributed by atoms with Crippen LogP contribution in [0.3, 0.4) is 0 Å². The molecule has 1 amide bonds. The number of rotatable bonds is 5. The van der Waals surface area contributed by atoms with Crippen LogP contribution in [0, 0.1) is 5.92 Å². The molecular weight excluding hydrogens is 232 g/mol. The standard InChI is InChI=1S/C13H18N2O3/c1-18-12-5-4-9(6-10(12)14)13(17)15-7-11(16)8-2-3-8/h4-6,8,11,16H,2-3,7,14H2,1H3,(H,15,17). The van der Waals surface area contributed by atoms with Crippen LogP contribution in [0.2, 0.25) is 0 Å². The number of nitrogens with two attached hydrogens (primary N) is 1. The Labute approximate surface area is 106 Å². The number of ether oxygens (including phenoxy) is 1. The molecular formula is C13H18N2O3. The SMILES string of the molecule is COc1ccc(C(=O)NCC(O)C2CC2)cc1N. The Bertz CT molecular complexity index is 444. The van der Waals surface area contributed by atoms with E-state index in [0.717, 1.165) is 12.8 Å². The molecule has 0 aliphatic heterocycles. The zero-order valence-corrected chi connectivity index (χ0v) is 10.3. The van der Waals surface area contributed by atoms with E-state index in [2.05, 4.69) is 5.32 Å². The van der Waals surface area contributed by atoms with E-state index in [1.807, 2.05) is 0 Å². The highest BCUT2D eigenvalue weighted by molar-refractivity contribution is 5.95. The molecule has 2 rings (SSSR count). The summed E-state index contributed by atoms with van der Waals surface area (Å²) in [5.74, 6) is 0.667. The predicted molar refractivity (Wildman–Crippen MR) is 68.5 cm³/mol. The third-order valence-electron chi connectivity index (χ3n) is 3.13. The van der Waals surface area contributed by atoms with Crippen molar-refractivity contribution in [2.24, 2.45) is 5.92 Å². The number of nitrogen functional groups attached to an aromatic ring is 1. The van der Waals surface area contributed by atoms with E-state index in [9.17, 15) is 9.90 Å². The van der Waals surface area contributed by atoms with E-state index in [1.54, 1.807) is 18.2 Å². The van der Waals surface area contributed by atoms with Crippen molar-refractivity contribution in [3.8, 4) is 5.75 Å². The maximum absolute atomic E-state index is 11.8. The van der Waals surface area contributed by atoms with E-state index in [0.29, 0.717) is 22.9 Å². The lowest BCUT2D eigenvalue weighted by atomic mass is 10.1. The first-order chi connectivity index (χ1) is 8.61. The number of aliphatic hydroxyl groups excluding tert-OH is 1. The monoisotopic (exact) mass is 250 g/mol. The van der Waals surface area contributed by atoms with Crippen molar-refractivity contribution < 1.29 is 14.6 Å². The van der Waals surface area contributed by atoms with Crippen LogP contribution in [0.5, 0.6) is 5.75 Å². The van der Waals surface area contributed by atoms with Crippen LogP contribution < -0.4 is 15.8 Å². The minimum Gasteiger partial charge on any atom is -0.495 e. The number of anilines is 1. The summed E-state index contributed by atoms with van der Waals surface area (Å²) in [4.78, 5) is 11.8. The third-order valence-corrected chi connectivity index (χ3v) is 3.13. The number of methoxy groups -OCH3 is 1. The molecule has 4 N–H and O–H groups in total. The number of aliphatic hydroxyl groups is 1. The highest BCUT2D eigenvalue weighted by Crippen LogP contribution is 2.32. The molecule has 1 unspecified atom stereocenters. The maximum atomic E-state index is 11.8. The van der Waals surface area contributed by atoms with Crippen molar-refractivity contribution in [2.45, 2.75) is 18.9 Å². The average Bonchev–Trinajstić information content (AvgIpc) is 3.19. The van der Waals surface area contributed by atoms with E-state index >= 15 is 0 Å². The van der Waals surface area contributed by atoms with Gasteiger partial charge in [0.2, 0.25) is 0 Å². The van der Waals surface area contributed by atoms with Gasteiger partial charge in [-0.15, -0.1) is 0 Å². The molecule has 1 saturated carbocycles. The topological polar surface area (TPSA) is 84.6 Å².